The average molecular weight is 268 g/mol. The van der Waals surface area contributed by atoms with E-state index in [0.717, 1.165) is 22.7 Å². The van der Waals surface area contributed by atoms with E-state index >= 15 is 0 Å². The standard InChI is InChI=1S/C16H16N2O2/c1-11-4-5-12(10-17)14(8-11)18-15-9-13(19-2)6-7-16(15)20-3/h4-9,18H,1-3H3. The second-order valence-electron chi connectivity index (χ2n) is 4.35. The lowest BCUT2D eigenvalue weighted by Gasteiger charge is -2.14. The van der Waals surface area contributed by atoms with Crippen LogP contribution < -0.4 is 14.8 Å². The summed E-state index contributed by atoms with van der Waals surface area (Å²) in [5.74, 6) is 1.41. The molecule has 4 nitrogen and oxygen atoms in total. The summed E-state index contributed by atoms with van der Waals surface area (Å²) in [6, 6.07) is 13.3. The molecule has 0 aliphatic carbocycles. The van der Waals surface area contributed by atoms with Crippen molar-refractivity contribution in [2.75, 3.05) is 19.5 Å². The van der Waals surface area contributed by atoms with Crippen molar-refractivity contribution in [3.8, 4) is 17.6 Å². The molecule has 0 bridgehead atoms. The van der Waals surface area contributed by atoms with Crippen LogP contribution in [0.2, 0.25) is 0 Å². The summed E-state index contributed by atoms with van der Waals surface area (Å²) >= 11 is 0. The largest absolute Gasteiger partial charge is 0.497 e. The Kier molecular flexibility index (Phi) is 4.11. The van der Waals surface area contributed by atoms with Crippen LogP contribution in [-0.2, 0) is 0 Å². The van der Waals surface area contributed by atoms with Gasteiger partial charge in [0.2, 0.25) is 0 Å². The molecule has 0 heterocycles. The van der Waals surface area contributed by atoms with Crippen LogP contribution in [0.4, 0.5) is 11.4 Å². The predicted octanol–water partition coefficient (Wildman–Crippen LogP) is 3.63. The molecule has 4 heteroatoms. The van der Waals surface area contributed by atoms with Crippen LogP contribution in [0.1, 0.15) is 11.1 Å². The van der Waals surface area contributed by atoms with Gasteiger partial charge in [-0.2, -0.15) is 5.26 Å². The zero-order valence-corrected chi connectivity index (χ0v) is 11.7. The SMILES string of the molecule is COc1ccc(OC)c(Nc2cc(C)ccc2C#N)c1. The molecule has 1 N–H and O–H groups in total. The fourth-order valence-electron chi connectivity index (χ4n) is 1.92. The Labute approximate surface area is 118 Å². The van der Waals surface area contributed by atoms with Gasteiger partial charge >= 0.3 is 0 Å². The van der Waals surface area contributed by atoms with Crippen LogP contribution in [0.3, 0.4) is 0 Å². The highest BCUT2D eigenvalue weighted by atomic mass is 16.5. The normalized spacial score (nSPS) is 9.70. The number of hydrogen-bond acceptors (Lipinski definition) is 4. The van der Waals surface area contributed by atoms with Crippen molar-refractivity contribution in [3.63, 3.8) is 0 Å². The third-order valence-electron chi connectivity index (χ3n) is 2.97. The minimum Gasteiger partial charge on any atom is -0.497 e. The third-order valence-corrected chi connectivity index (χ3v) is 2.97. The Morgan fingerprint density at radius 3 is 2.45 bits per heavy atom. The Balaban J connectivity index is 2.43. The number of nitrogens with zero attached hydrogens (tertiary/aromatic N) is 1. The van der Waals surface area contributed by atoms with Crippen LogP contribution in [0, 0.1) is 18.3 Å². The molecule has 0 fully saturated rings. The van der Waals surface area contributed by atoms with Crippen molar-refractivity contribution in [3.05, 3.63) is 47.5 Å². The molecule has 2 aromatic carbocycles. The fraction of sp³-hybridized carbons (Fsp3) is 0.188. The zero-order chi connectivity index (χ0) is 14.5. The van der Waals surface area contributed by atoms with Crippen LogP contribution >= 0.6 is 0 Å². The maximum absolute atomic E-state index is 9.17. The first-order valence-electron chi connectivity index (χ1n) is 6.17. The number of nitriles is 1. The van der Waals surface area contributed by atoms with Crippen LogP contribution in [-0.4, -0.2) is 14.2 Å². The molecule has 2 aromatic rings. The van der Waals surface area contributed by atoms with Crippen molar-refractivity contribution >= 4 is 11.4 Å². The smallest absolute Gasteiger partial charge is 0.142 e. The molecule has 0 saturated heterocycles. The molecule has 0 aliphatic rings. The van der Waals surface area contributed by atoms with Gasteiger partial charge in [-0.3, -0.25) is 0 Å². The van der Waals surface area contributed by atoms with Crippen molar-refractivity contribution < 1.29 is 9.47 Å². The number of nitrogens with one attached hydrogen (secondary N) is 1. The molecule has 0 aliphatic heterocycles. The lowest BCUT2D eigenvalue weighted by molar-refractivity contribution is 0.405. The van der Waals surface area contributed by atoms with E-state index in [4.69, 9.17) is 14.7 Å². The Bertz CT molecular complexity index is 660. The van der Waals surface area contributed by atoms with E-state index in [1.54, 1.807) is 20.3 Å². The van der Waals surface area contributed by atoms with Crippen LogP contribution in [0.25, 0.3) is 0 Å². The van der Waals surface area contributed by atoms with Gasteiger partial charge in [0.1, 0.15) is 17.6 Å². The zero-order valence-electron chi connectivity index (χ0n) is 11.7. The molecule has 0 amide bonds. The minimum atomic E-state index is 0.584. The maximum Gasteiger partial charge on any atom is 0.142 e. The monoisotopic (exact) mass is 268 g/mol. The maximum atomic E-state index is 9.17. The summed E-state index contributed by atoms with van der Waals surface area (Å²) in [5, 5.41) is 12.4. The highest BCUT2D eigenvalue weighted by Crippen LogP contribution is 2.32. The molecule has 0 radical (unpaired) electrons. The lowest BCUT2D eigenvalue weighted by Crippen LogP contribution is -1.98. The van der Waals surface area contributed by atoms with Crippen LogP contribution in [0.15, 0.2) is 36.4 Å². The average Bonchev–Trinajstić information content (AvgIpc) is 2.47. The van der Waals surface area contributed by atoms with Gasteiger partial charge in [-0.1, -0.05) is 6.07 Å². The number of methoxy groups -OCH3 is 2. The third kappa shape index (κ3) is 2.83. The molecular formula is C16H16N2O2. The number of benzene rings is 2. The molecule has 20 heavy (non-hydrogen) atoms. The summed E-state index contributed by atoms with van der Waals surface area (Å²) in [6.45, 7) is 1.98. The molecule has 0 saturated carbocycles. The minimum absolute atomic E-state index is 0.584. The van der Waals surface area contributed by atoms with Crippen molar-refractivity contribution in [1.82, 2.24) is 0 Å². The Hall–Kier alpha value is -2.67. The van der Waals surface area contributed by atoms with E-state index in [1.807, 2.05) is 37.3 Å². The van der Waals surface area contributed by atoms with Gasteiger partial charge in [0.25, 0.3) is 0 Å². The molecule has 102 valence electrons. The summed E-state index contributed by atoms with van der Waals surface area (Å²) in [5.41, 5.74) is 3.17. The van der Waals surface area contributed by atoms with Gasteiger partial charge in [0.15, 0.2) is 0 Å². The number of rotatable bonds is 4. The lowest BCUT2D eigenvalue weighted by atomic mass is 10.1. The summed E-state index contributed by atoms with van der Waals surface area (Å²) in [7, 11) is 3.22. The second kappa shape index (κ2) is 5.98. The first kappa shape index (κ1) is 13.8. The van der Waals surface area contributed by atoms with E-state index in [1.165, 1.54) is 0 Å². The molecular weight excluding hydrogens is 252 g/mol. The number of ether oxygens (including phenoxy) is 2. The predicted molar refractivity (Wildman–Crippen MR) is 78.7 cm³/mol. The number of anilines is 2. The molecule has 0 atom stereocenters. The van der Waals surface area contributed by atoms with E-state index in [2.05, 4.69) is 11.4 Å². The highest BCUT2D eigenvalue weighted by molar-refractivity contribution is 5.72. The molecule has 0 spiro atoms. The van der Waals surface area contributed by atoms with Crippen molar-refractivity contribution in [2.45, 2.75) is 6.92 Å². The summed E-state index contributed by atoms with van der Waals surface area (Å²) < 4.78 is 10.5. The van der Waals surface area contributed by atoms with Gasteiger partial charge in [-0.25, -0.2) is 0 Å². The van der Waals surface area contributed by atoms with Gasteiger partial charge < -0.3 is 14.8 Å². The van der Waals surface area contributed by atoms with E-state index < -0.39 is 0 Å². The van der Waals surface area contributed by atoms with Crippen LogP contribution in [0.5, 0.6) is 11.5 Å². The summed E-state index contributed by atoms with van der Waals surface area (Å²) in [6.07, 6.45) is 0. The quantitative estimate of drug-likeness (QED) is 0.920. The van der Waals surface area contributed by atoms with Gasteiger partial charge in [0.05, 0.1) is 31.2 Å². The molecule has 0 unspecified atom stereocenters. The Morgan fingerprint density at radius 2 is 1.80 bits per heavy atom. The summed E-state index contributed by atoms with van der Waals surface area (Å²) in [4.78, 5) is 0. The van der Waals surface area contributed by atoms with Gasteiger partial charge in [-0.15, -0.1) is 0 Å². The van der Waals surface area contributed by atoms with E-state index in [9.17, 15) is 0 Å². The van der Waals surface area contributed by atoms with E-state index in [-0.39, 0.29) is 0 Å². The first-order chi connectivity index (χ1) is 9.67. The highest BCUT2D eigenvalue weighted by Gasteiger charge is 2.08. The topological polar surface area (TPSA) is 54.3 Å². The second-order valence-corrected chi connectivity index (χ2v) is 4.35. The fourth-order valence-corrected chi connectivity index (χ4v) is 1.92. The Morgan fingerprint density at radius 1 is 1.00 bits per heavy atom. The first-order valence-corrected chi connectivity index (χ1v) is 6.17. The number of hydrogen-bond donors (Lipinski definition) is 1. The molecule has 0 aromatic heterocycles. The van der Waals surface area contributed by atoms with Crippen molar-refractivity contribution in [2.24, 2.45) is 0 Å². The van der Waals surface area contributed by atoms with Gasteiger partial charge in [-0.05, 0) is 36.8 Å². The van der Waals surface area contributed by atoms with E-state index in [0.29, 0.717) is 11.3 Å². The number of aryl methyl sites for hydroxylation is 1. The van der Waals surface area contributed by atoms with Crippen molar-refractivity contribution in [1.29, 1.82) is 5.26 Å². The molecule has 2 rings (SSSR count). The van der Waals surface area contributed by atoms with Gasteiger partial charge in [0, 0.05) is 6.07 Å².